The van der Waals surface area contributed by atoms with Crippen molar-refractivity contribution in [1.82, 2.24) is 10.6 Å². The fourth-order valence-electron chi connectivity index (χ4n) is 3.29. The van der Waals surface area contributed by atoms with Crippen molar-refractivity contribution in [3.63, 3.8) is 0 Å². The molecule has 2 aromatic carbocycles. The second kappa shape index (κ2) is 13.5. The van der Waals surface area contributed by atoms with E-state index in [9.17, 15) is 4.79 Å². The molecule has 7 nitrogen and oxygen atoms in total. The molecule has 3 rings (SSSR count). The molecule has 1 aliphatic heterocycles. The van der Waals surface area contributed by atoms with Crippen molar-refractivity contribution in [3.8, 4) is 0 Å². The Morgan fingerprint density at radius 3 is 2.75 bits per heavy atom. The van der Waals surface area contributed by atoms with Gasteiger partial charge < -0.3 is 24.8 Å². The largest absolute Gasteiger partial charge is 0.457 e. The Labute approximate surface area is 190 Å². The van der Waals surface area contributed by atoms with Crippen LogP contribution < -0.4 is 10.6 Å². The SMILES string of the molecule is CCNC(=NCc1cccc(C(=O)OCc2ccccc2)c1)NCCCOC1CCOC1. The number of nitrogens with one attached hydrogen (secondary N) is 2. The third-order valence-electron chi connectivity index (χ3n) is 4.99. The molecule has 0 spiro atoms. The Morgan fingerprint density at radius 2 is 1.97 bits per heavy atom. The average molecular weight is 440 g/mol. The number of hydrogen-bond acceptors (Lipinski definition) is 5. The molecular weight excluding hydrogens is 406 g/mol. The van der Waals surface area contributed by atoms with E-state index in [0.29, 0.717) is 25.3 Å². The van der Waals surface area contributed by atoms with Gasteiger partial charge in [0.15, 0.2) is 5.96 Å². The highest BCUT2D eigenvalue weighted by atomic mass is 16.5. The molecule has 32 heavy (non-hydrogen) atoms. The van der Waals surface area contributed by atoms with E-state index < -0.39 is 0 Å². The Bertz CT molecular complexity index is 851. The predicted octanol–water partition coefficient (Wildman–Crippen LogP) is 3.29. The normalized spacial score (nSPS) is 16.0. The fourth-order valence-corrected chi connectivity index (χ4v) is 3.29. The van der Waals surface area contributed by atoms with Crippen molar-refractivity contribution in [1.29, 1.82) is 0 Å². The monoisotopic (exact) mass is 439 g/mol. The minimum absolute atomic E-state index is 0.239. The number of esters is 1. The van der Waals surface area contributed by atoms with Crippen LogP contribution in [-0.2, 0) is 27.4 Å². The number of carbonyl (C=O) groups excluding carboxylic acids is 1. The second-order valence-electron chi connectivity index (χ2n) is 7.59. The quantitative estimate of drug-likeness (QED) is 0.242. The summed E-state index contributed by atoms with van der Waals surface area (Å²) in [6, 6.07) is 17.1. The number of aliphatic imine (C=N–C) groups is 1. The zero-order valence-electron chi connectivity index (χ0n) is 18.7. The molecule has 1 fully saturated rings. The van der Waals surface area contributed by atoms with Crippen molar-refractivity contribution in [2.75, 3.05) is 32.9 Å². The summed E-state index contributed by atoms with van der Waals surface area (Å²) >= 11 is 0. The summed E-state index contributed by atoms with van der Waals surface area (Å²) in [6.07, 6.45) is 2.11. The van der Waals surface area contributed by atoms with Crippen molar-refractivity contribution in [3.05, 3.63) is 71.3 Å². The maximum absolute atomic E-state index is 12.4. The van der Waals surface area contributed by atoms with E-state index in [1.54, 1.807) is 6.07 Å². The van der Waals surface area contributed by atoms with Gasteiger partial charge in [-0.15, -0.1) is 0 Å². The van der Waals surface area contributed by atoms with Gasteiger partial charge in [-0.25, -0.2) is 9.79 Å². The molecule has 0 radical (unpaired) electrons. The lowest BCUT2D eigenvalue weighted by Crippen LogP contribution is -2.38. The number of rotatable bonds is 11. The highest BCUT2D eigenvalue weighted by Gasteiger charge is 2.15. The number of nitrogens with zero attached hydrogens (tertiary/aromatic N) is 1. The molecule has 1 saturated heterocycles. The minimum Gasteiger partial charge on any atom is -0.457 e. The zero-order chi connectivity index (χ0) is 22.4. The molecule has 0 saturated carbocycles. The van der Waals surface area contributed by atoms with Crippen LogP contribution in [0.25, 0.3) is 0 Å². The summed E-state index contributed by atoms with van der Waals surface area (Å²) in [5.74, 6) is 0.408. The lowest BCUT2D eigenvalue weighted by atomic mass is 10.1. The molecule has 2 aromatic rings. The fraction of sp³-hybridized carbons (Fsp3) is 0.440. The van der Waals surface area contributed by atoms with Gasteiger partial charge in [0.2, 0.25) is 0 Å². The van der Waals surface area contributed by atoms with Gasteiger partial charge in [0.25, 0.3) is 0 Å². The van der Waals surface area contributed by atoms with Crippen LogP contribution in [-0.4, -0.2) is 50.9 Å². The molecule has 1 unspecified atom stereocenters. The number of benzene rings is 2. The van der Waals surface area contributed by atoms with Crippen LogP contribution >= 0.6 is 0 Å². The number of carbonyl (C=O) groups is 1. The van der Waals surface area contributed by atoms with E-state index in [0.717, 1.165) is 49.6 Å². The van der Waals surface area contributed by atoms with Gasteiger partial charge in [0.1, 0.15) is 6.61 Å². The van der Waals surface area contributed by atoms with Crippen LogP contribution in [0.5, 0.6) is 0 Å². The van der Waals surface area contributed by atoms with Crippen LogP contribution in [0.3, 0.4) is 0 Å². The topological polar surface area (TPSA) is 81.2 Å². The molecule has 1 aliphatic rings. The summed E-state index contributed by atoms with van der Waals surface area (Å²) in [5.41, 5.74) is 2.44. The lowest BCUT2D eigenvalue weighted by Gasteiger charge is -2.13. The van der Waals surface area contributed by atoms with E-state index in [-0.39, 0.29) is 18.7 Å². The lowest BCUT2D eigenvalue weighted by molar-refractivity contribution is 0.0419. The molecule has 172 valence electrons. The summed E-state index contributed by atoms with van der Waals surface area (Å²) in [7, 11) is 0. The second-order valence-corrected chi connectivity index (χ2v) is 7.59. The molecule has 0 aromatic heterocycles. The van der Waals surface area contributed by atoms with Crippen molar-refractivity contribution in [2.45, 2.75) is 39.0 Å². The van der Waals surface area contributed by atoms with Gasteiger partial charge >= 0.3 is 5.97 Å². The smallest absolute Gasteiger partial charge is 0.338 e. The predicted molar refractivity (Wildman–Crippen MR) is 125 cm³/mol. The van der Waals surface area contributed by atoms with E-state index in [1.807, 2.05) is 55.5 Å². The van der Waals surface area contributed by atoms with Crippen LogP contribution in [0.2, 0.25) is 0 Å². The Balaban J connectivity index is 1.45. The van der Waals surface area contributed by atoms with Crippen molar-refractivity contribution in [2.24, 2.45) is 4.99 Å². The molecule has 7 heteroatoms. The molecule has 0 aliphatic carbocycles. The highest BCUT2D eigenvalue weighted by Crippen LogP contribution is 2.10. The average Bonchev–Trinajstić information content (AvgIpc) is 3.35. The summed E-state index contributed by atoms with van der Waals surface area (Å²) in [6.45, 7) is 6.50. The summed E-state index contributed by atoms with van der Waals surface area (Å²) < 4.78 is 16.5. The number of ether oxygens (including phenoxy) is 3. The van der Waals surface area contributed by atoms with Gasteiger partial charge in [-0.2, -0.15) is 0 Å². The number of hydrogen-bond donors (Lipinski definition) is 2. The van der Waals surface area contributed by atoms with Crippen LogP contribution in [0.4, 0.5) is 0 Å². The van der Waals surface area contributed by atoms with Gasteiger partial charge in [-0.3, -0.25) is 0 Å². The molecule has 2 N–H and O–H groups in total. The van der Waals surface area contributed by atoms with Crippen LogP contribution in [0.15, 0.2) is 59.6 Å². The standard InChI is InChI=1S/C25H33N3O4/c1-2-26-25(27-13-7-14-31-23-12-15-30-19-23)28-17-21-10-6-11-22(16-21)24(29)32-18-20-8-4-3-5-9-20/h3-6,8-11,16,23H,2,7,12-15,17-19H2,1H3,(H2,26,27,28). The van der Waals surface area contributed by atoms with E-state index in [4.69, 9.17) is 14.2 Å². The highest BCUT2D eigenvalue weighted by molar-refractivity contribution is 5.89. The summed E-state index contributed by atoms with van der Waals surface area (Å²) in [4.78, 5) is 17.0. The third kappa shape index (κ3) is 8.32. The molecule has 1 atom stereocenters. The number of guanidine groups is 1. The van der Waals surface area contributed by atoms with Gasteiger partial charge in [0.05, 0.1) is 24.8 Å². The van der Waals surface area contributed by atoms with Crippen molar-refractivity contribution < 1.29 is 19.0 Å². The molecule has 0 bridgehead atoms. The first-order valence-electron chi connectivity index (χ1n) is 11.3. The van der Waals surface area contributed by atoms with Crippen LogP contribution in [0.1, 0.15) is 41.3 Å². The molecular formula is C25H33N3O4. The maximum Gasteiger partial charge on any atom is 0.338 e. The van der Waals surface area contributed by atoms with Gasteiger partial charge in [0, 0.05) is 26.3 Å². The van der Waals surface area contributed by atoms with E-state index >= 15 is 0 Å². The zero-order valence-corrected chi connectivity index (χ0v) is 18.7. The Morgan fingerprint density at radius 1 is 1.12 bits per heavy atom. The third-order valence-corrected chi connectivity index (χ3v) is 4.99. The van der Waals surface area contributed by atoms with Gasteiger partial charge in [-0.1, -0.05) is 42.5 Å². The minimum atomic E-state index is -0.336. The van der Waals surface area contributed by atoms with E-state index in [1.165, 1.54) is 0 Å². The first-order chi connectivity index (χ1) is 15.7. The Kier molecular flexibility index (Phi) is 10.0. The van der Waals surface area contributed by atoms with E-state index in [2.05, 4.69) is 15.6 Å². The van der Waals surface area contributed by atoms with Crippen LogP contribution in [0, 0.1) is 0 Å². The van der Waals surface area contributed by atoms with Gasteiger partial charge in [-0.05, 0) is 43.0 Å². The first kappa shape index (κ1) is 23.8. The molecule has 0 amide bonds. The van der Waals surface area contributed by atoms with Crippen molar-refractivity contribution >= 4 is 11.9 Å². The molecule has 1 heterocycles. The first-order valence-corrected chi connectivity index (χ1v) is 11.3. The maximum atomic E-state index is 12.4. The Hall–Kier alpha value is -2.90. The summed E-state index contributed by atoms with van der Waals surface area (Å²) in [5, 5.41) is 6.58.